The van der Waals surface area contributed by atoms with Crippen molar-refractivity contribution in [1.82, 2.24) is 14.9 Å². The number of anilines is 2. The van der Waals surface area contributed by atoms with Gasteiger partial charge in [0.1, 0.15) is 30.3 Å². The number of nitrogens with two attached hydrogens (primary N) is 1. The Morgan fingerprint density at radius 2 is 2.05 bits per heavy atom. The average Bonchev–Trinajstić information content (AvgIpc) is 3.73. The van der Waals surface area contributed by atoms with E-state index >= 15 is 0 Å². The number of rotatable bonds is 8. The SMILES string of the molecule is C=CC(=O)N1C[C@@H](C#N)C[C@H]1COc1c(N)ncnc1-c1cc(F)cc(NC(=O)c2ccc(C3CC3)cc2F)c1C. The Morgan fingerprint density at radius 3 is 2.73 bits per heavy atom. The molecule has 0 radical (unpaired) electrons. The smallest absolute Gasteiger partial charge is 0.258 e. The number of aromatic nitrogens is 2. The first-order valence-electron chi connectivity index (χ1n) is 13.2. The standard InChI is InChI=1S/C30H28F2N6O3/c1-3-26(39)38-13-17(12-33)8-21(38)14-41-28-27(35-15-36-29(28)34)23-10-20(31)11-25(16(23)2)37-30(40)22-7-6-19(9-24(22)32)18-4-5-18/h3,6-7,9-11,15,17-18,21H,1,4-5,8,13-14H2,2H3,(H,37,40)(H2,34,35,36)/t17-,21+/m1/s1. The van der Waals surface area contributed by atoms with E-state index in [1.807, 2.05) is 0 Å². The molecule has 1 aromatic heterocycles. The fourth-order valence-corrected chi connectivity index (χ4v) is 5.09. The first kappa shape index (κ1) is 27.7. The van der Waals surface area contributed by atoms with Crippen molar-refractivity contribution in [3.63, 3.8) is 0 Å². The summed E-state index contributed by atoms with van der Waals surface area (Å²) in [7, 11) is 0. The maximum Gasteiger partial charge on any atom is 0.258 e. The van der Waals surface area contributed by atoms with Gasteiger partial charge in [-0.3, -0.25) is 9.59 Å². The van der Waals surface area contributed by atoms with Crippen molar-refractivity contribution in [2.45, 2.75) is 38.1 Å². The lowest BCUT2D eigenvalue weighted by Crippen LogP contribution is -2.38. The zero-order valence-corrected chi connectivity index (χ0v) is 22.4. The van der Waals surface area contributed by atoms with E-state index in [2.05, 4.69) is 27.9 Å². The van der Waals surface area contributed by atoms with Crippen LogP contribution < -0.4 is 15.8 Å². The van der Waals surface area contributed by atoms with Gasteiger partial charge >= 0.3 is 0 Å². The van der Waals surface area contributed by atoms with Crippen molar-refractivity contribution in [3.05, 3.63) is 77.6 Å². The normalized spacial score (nSPS) is 18.0. The van der Waals surface area contributed by atoms with Crippen LogP contribution in [-0.4, -0.2) is 45.9 Å². The summed E-state index contributed by atoms with van der Waals surface area (Å²) in [6, 6.07) is 8.65. The number of carbonyl (C=O) groups is 2. The van der Waals surface area contributed by atoms with Crippen LogP contribution in [0.15, 0.2) is 49.3 Å². The zero-order valence-electron chi connectivity index (χ0n) is 22.4. The van der Waals surface area contributed by atoms with Gasteiger partial charge in [0, 0.05) is 17.8 Å². The van der Waals surface area contributed by atoms with Gasteiger partial charge in [0.25, 0.3) is 5.91 Å². The lowest BCUT2D eigenvalue weighted by atomic mass is 10.0. The third kappa shape index (κ3) is 5.72. The second kappa shape index (κ2) is 11.3. The molecule has 2 aliphatic rings. The molecule has 1 aliphatic carbocycles. The topological polar surface area (TPSA) is 134 Å². The second-order valence-corrected chi connectivity index (χ2v) is 10.3. The van der Waals surface area contributed by atoms with Gasteiger partial charge in [-0.2, -0.15) is 5.26 Å². The molecule has 2 heterocycles. The highest BCUT2D eigenvalue weighted by Crippen LogP contribution is 2.41. The van der Waals surface area contributed by atoms with Gasteiger partial charge in [-0.1, -0.05) is 12.6 Å². The number of carbonyl (C=O) groups excluding carboxylic acids is 2. The molecule has 2 amide bonds. The number of ether oxygens (including phenoxy) is 1. The fraction of sp³-hybridized carbons (Fsp3) is 0.300. The molecule has 1 saturated heterocycles. The lowest BCUT2D eigenvalue weighted by Gasteiger charge is -2.24. The number of halogens is 2. The molecule has 5 rings (SSSR count). The Balaban J connectivity index is 1.42. The molecule has 0 bridgehead atoms. The maximum atomic E-state index is 14.9. The van der Waals surface area contributed by atoms with E-state index in [1.54, 1.807) is 13.0 Å². The van der Waals surface area contributed by atoms with Gasteiger partial charge in [0.2, 0.25) is 5.91 Å². The summed E-state index contributed by atoms with van der Waals surface area (Å²) >= 11 is 0. The zero-order chi connectivity index (χ0) is 29.3. The van der Waals surface area contributed by atoms with E-state index in [0.717, 1.165) is 24.5 Å². The highest BCUT2D eigenvalue weighted by atomic mass is 19.1. The molecular weight excluding hydrogens is 530 g/mol. The van der Waals surface area contributed by atoms with Crippen LogP contribution in [0.2, 0.25) is 0 Å². The van der Waals surface area contributed by atoms with Crippen LogP contribution in [-0.2, 0) is 4.79 Å². The van der Waals surface area contributed by atoms with E-state index in [-0.39, 0.29) is 59.1 Å². The first-order chi connectivity index (χ1) is 19.7. The Kier molecular flexibility index (Phi) is 7.66. The van der Waals surface area contributed by atoms with Crippen molar-refractivity contribution in [3.8, 4) is 23.1 Å². The van der Waals surface area contributed by atoms with E-state index in [0.29, 0.717) is 17.9 Å². The molecule has 0 unspecified atom stereocenters. The van der Waals surface area contributed by atoms with Gasteiger partial charge < -0.3 is 20.7 Å². The minimum absolute atomic E-state index is 0.0153. The summed E-state index contributed by atoms with van der Waals surface area (Å²) in [6.45, 7) is 5.40. The van der Waals surface area contributed by atoms with Crippen LogP contribution in [0.25, 0.3) is 11.3 Å². The largest absolute Gasteiger partial charge is 0.485 e. The average molecular weight is 559 g/mol. The number of nitrogens with zero attached hydrogens (tertiary/aromatic N) is 4. The Hall–Kier alpha value is -4.85. The molecule has 2 atom stereocenters. The molecule has 9 nitrogen and oxygen atoms in total. The van der Waals surface area contributed by atoms with Crippen LogP contribution in [0.1, 0.15) is 46.7 Å². The molecule has 41 heavy (non-hydrogen) atoms. The number of benzene rings is 2. The fourth-order valence-electron chi connectivity index (χ4n) is 5.09. The van der Waals surface area contributed by atoms with Crippen molar-refractivity contribution >= 4 is 23.3 Å². The number of nitriles is 1. The molecule has 1 aliphatic heterocycles. The number of amides is 2. The summed E-state index contributed by atoms with van der Waals surface area (Å²) in [5, 5.41) is 12.0. The molecule has 11 heteroatoms. The summed E-state index contributed by atoms with van der Waals surface area (Å²) < 4.78 is 35.6. The Labute approximate surface area is 235 Å². The van der Waals surface area contributed by atoms with Crippen LogP contribution in [0.4, 0.5) is 20.3 Å². The molecule has 0 spiro atoms. The molecule has 1 saturated carbocycles. The van der Waals surface area contributed by atoms with Crippen molar-refractivity contribution < 1.29 is 23.1 Å². The van der Waals surface area contributed by atoms with Gasteiger partial charge in [-0.05, 0) is 73.6 Å². The second-order valence-electron chi connectivity index (χ2n) is 10.3. The third-order valence-corrected chi connectivity index (χ3v) is 7.47. The van der Waals surface area contributed by atoms with Crippen molar-refractivity contribution in [2.24, 2.45) is 5.92 Å². The molecule has 2 aromatic carbocycles. The van der Waals surface area contributed by atoms with Crippen LogP contribution in [0.5, 0.6) is 5.75 Å². The number of hydrogen-bond acceptors (Lipinski definition) is 7. The van der Waals surface area contributed by atoms with E-state index < -0.39 is 23.6 Å². The quantitative estimate of drug-likeness (QED) is 0.381. The van der Waals surface area contributed by atoms with Gasteiger partial charge in [0.15, 0.2) is 11.6 Å². The summed E-state index contributed by atoms with van der Waals surface area (Å²) in [4.78, 5) is 35.1. The number of nitrogens with one attached hydrogen (secondary N) is 1. The van der Waals surface area contributed by atoms with Gasteiger partial charge in [0.05, 0.1) is 23.6 Å². The van der Waals surface area contributed by atoms with E-state index in [1.165, 1.54) is 35.5 Å². The predicted molar refractivity (Wildman–Crippen MR) is 148 cm³/mol. The molecule has 3 aromatic rings. The van der Waals surface area contributed by atoms with Crippen LogP contribution >= 0.6 is 0 Å². The Morgan fingerprint density at radius 1 is 1.27 bits per heavy atom. The maximum absolute atomic E-state index is 14.9. The van der Waals surface area contributed by atoms with Crippen molar-refractivity contribution in [2.75, 3.05) is 24.2 Å². The molecule has 210 valence electrons. The number of likely N-dealkylation sites (tertiary alicyclic amines) is 1. The predicted octanol–water partition coefficient (Wildman–Crippen LogP) is 4.75. The van der Waals surface area contributed by atoms with Crippen molar-refractivity contribution in [1.29, 1.82) is 5.26 Å². The lowest BCUT2D eigenvalue weighted by molar-refractivity contribution is -0.127. The number of hydrogen-bond donors (Lipinski definition) is 2. The summed E-state index contributed by atoms with van der Waals surface area (Å²) in [6.07, 6.45) is 4.78. The summed E-state index contributed by atoms with van der Waals surface area (Å²) in [5.74, 6) is -2.35. The monoisotopic (exact) mass is 558 g/mol. The molecule has 3 N–H and O–H groups in total. The first-order valence-corrected chi connectivity index (χ1v) is 13.2. The van der Waals surface area contributed by atoms with Crippen LogP contribution in [0.3, 0.4) is 0 Å². The molecular formula is C30H28F2N6O3. The minimum Gasteiger partial charge on any atom is -0.485 e. The summed E-state index contributed by atoms with van der Waals surface area (Å²) in [5.41, 5.74) is 7.83. The Bertz CT molecular complexity index is 1580. The van der Waals surface area contributed by atoms with Gasteiger partial charge in [-0.25, -0.2) is 18.7 Å². The van der Waals surface area contributed by atoms with E-state index in [9.17, 15) is 23.6 Å². The third-order valence-electron chi connectivity index (χ3n) is 7.47. The highest BCUT2D eigenvalue weighted by Gasteiger charge is 2.35. The minimum atomic E-state index is -0.719. The number of nitrogen functional groups attached to an aromatic ring is 1. The van der Waals surface area contributed by atoms with Gasteiger partial charge in [-0.15, -0.1) is 0 Å². The highest BCUT2D eigenvalue weighted by molar-refractivity contribution is 6.05. The van der Waals surface area contributed by atoms with E-state index in [4.69, 9.17) is 10.5 Å². The molecule has 2 fully saturated rings. The van der Waals surface area contributed by atoms with Crippen LogP contribution in [0, 0.1) is 35.8 Å².